The Kier molecular flexibility index (Phi) is 6.34. The Balaban J connectivity index is 1.68. The van der Waals surface area contributed by atoms with Gasteiger partial charge in [0.05, 0.1) is 0 Å². The molecule has 1 fully saturated rings. The lowest BCUT2D eigenvalue weighted by Gasteiger charge is -2.14. The van der Waals surface area contributed by atoms with Crippen LogP contribution in [0.3, 0.4) is 0 Å². The number of rotatable bonds is 8. The van der Waals surface area contributed by atoms with E-state index in [1.54, 1.807) is 0 Å². The van der Waals surface area contributed by atoms with Gasteiger partial charge in [-0.1, -0.05) is 24.3 Å². The summed E-state index contributed by atoms with van der Waals surface area (Å²) < 4.78 is 0. The van der Waals surface area contributed by atoms with Crippen LogP contribution in [0.1, 0.15) is 36.8 Å². The Bertz CT molecular complexity index is 342. The van der Waals surface area contributed by atoms with Gasteiger partial charge >= 0.3 is 0 Å². The predicted octanol–water partition coefficient (Wildman–Crippen LogP) is 2.11. The molecule has 1 heterocycles. The van der Waals surface area contributed by atoms with E-state index in [2.05, 4.69) is 34.5 Å². The van der Waals surface area contributed by atoms with E-state index < -0.39 is 0 Å². The lowest BCUT2D eigenvalue weighted by molar-refractivity contribution is 0.331. The van der Waals surface area contributed by atoms with Crippen molar-refractivity contribution in [2.45, 2.75) is 38.8 Å². The maximum absolute atomic E-state index is 5.47. The highest BCUT2D eigenvalue weighted by molar-refractivity contribution is 5.22. The summed E-state index contributed by atoms with van der Waals surface area (Å²) in [6.07, 6.45) is 5.01. The van der Waals surface area contributed by atoms with Crippen molar-refractivity contribution in [2.24, 2.45) is 5.73 Å². The highest BCUT2D eigenvalue weighted by Crippen LogP contribution is 2.13. The summed E-state index contributed by atoms with van der Waals surface area (Å²) >= 11 is 0. The van der Waals surface area contributed by atoms with Crippen molar-refractivity contribution in [3.05, 3.63) is 35.4 Å². The standard InChI is InChI=1S/C16H27N3/c17-9-1-2-10-18-13-15-5-7-16(8-6-15)14-19-11-3-4-12-19/h5-8,18H,1-4,9-14,17H2. The molecule has 1 aromatic rings. The third kappa shape index (κ3) is 5.31. The maximum atomic E-state index is 5.47. The molecule has 1 aromatic carbocycles. The third-order valence-electron chi connectivity index (χ3n) is 3.76. The summed E-state index contributed by atoms with van der Waals surface area (Å²) in [7, 11) is 0. The van der Waals surface area contributed by atoms with Gasteiger partial charge < -0.3 is 11.1 Å². The second-order valence-corrected chi connectivity index (χ2v) is 5.47. The lowest BCUT2D eigenvalue weighted by atomic mass is 10.1. The molecule has 1 saturated heterocycles. The van der Waals surface area contributed by atoms with Gasteiger partial charge in [0.15, 0.2) is 0 Å². The summed E-state index contributed by atoms with van der Waals surface area (Å²) in [4.78, 5) is 2.54. The minimum atomic E-state index is 0.798. The fourth-order valence-electron chi connectivity index (χ4n) is 2.59. The topological polar surface area (TPSA) is 41.3 Å². The monoisotopic (exact) mass is 261 g/mol. The fraction of sp³-hybridized carbons (Fsp3) is 0.625. The minimum Gasteiger partial charge on any atom is -0.330 e. The van der Waals surface area contributed by atoms with Crippen molar-refractivity contribution in [3.8, 4) is 0 Å². The molecule has 0 saturated carbocycles. The van der Waals surface area contributed by atoms with Crippen LogP contribution >= 0.6 is 0 Å². The zero-order valence-corrected chi connectivity index (χ0v) is 11.9. The molecule has 19 heavy (non-hydrogen) atoms. The van der Waals surface area contributed by atoms with Crippen molar-refractivity contribution in [3.63, 3.8) is 0 Å². The first-order valence-corrected chi connectivity index (χ1v) is 7.59. The van der Waals surface area contributed by atoms with E-state index in [4.69, 9.17) is 5.73 Å². The average Bonchev–Trinajstić information content (AvgIpc) is 2.93. The zero-order valence-electron chi connectivity index (χ0n) is 11.9. The molecule has 3 nitrogen and oxygen atoms in total. The maximum Gasteiger partial charge on any atom is 0.0233 e. The van der Waals surface area contributed by atoms with Crippen molar-refractivity contribution in [2.75, 3.05) is 26.2 Å². The van der Waals surface area contributed by atoms with Gasteiger partial charge in [0.1, 0.15) is 0 Å². The van der Waals surface area contributed by atoms with Crippen LogP contribution in [0.25, 0.3) is 0 Å². The van der Waals surface area contributed by atoms with Gasteiger partial charge in [-0.15, -0.1) is 0 Å². The first-order valence-electron chi connectivity index (χ1n) is 7.59. The largest absolute Gasteiger partial charge is 0.330 e. The van der Waals surface area contributed by atoms with Crippen molar-refractivity contribution >= 4 is 0 Å². The van der Waals surface area contributed by atoms with Gasteiger partial charge in [0, 0.05) is 13.1 Å². The second kappa shape index (κ2) is 8.31. The molecule has 0 bridgehead atoms. The molecule has 0 unspecified atom stereocenters. The van der Waals surface area contributed by atoms with Crippen LogP contribution in [0.4, 0.5) is 0 Å². The van der Waals surface area contributed by atoms with Crippen LogP contribution < -0.4 is 11.1 Å². The first-order chi connectivity index (χ1) is 9.38. The van der Waals surface area contributed by atoms with Gasteiger partial charge in [-0.05, 0) is 63.0 Å². The first kappa shape index (κ1) is 14.5. The van der Waals surface area contributed by atoms with Crippen molar-refractivity contribution < 1.29 is 0 Å². The van der Waals surface area contributed by atoms with E-state index in [0.29, 0.717) is 0 Å². The van der Waals surface area contributed by atoms with Crippen LogP contribution in [0.5, 0.6) is 0 Å². The Morgan fingerprint density at radius 1 is 1.00 bits per heavy atom. The highest BCUT2D eigenvalue weighted by atomic mass is 15.1. The molecule has 3 N–H and O–H groups in total. The molecule has 1 aliphatic heterocycles. The fourth-order valence-corrected chi connectivity index (χ4v) is 2.59. The molecular formula is C16H27N3. The average molecular weight is 261 g/mol. The normalized spacial score (nSPS) is 16.1. The summed E-state index contributed by atoms with van der Waals surface area (Å²) in [5.74, 6) is 0. The zero-order chi connectivity index (χ0) is 13.3. The minimum absolute atomic E-state index is 0.798. The predicted molar refractivity (Wildman–Crippen MR) is 80.9 cm³/mol. The van der Waals surface area contributed by atoms with Crippen LogP contribution in [0, 0.1) is 0 Å². The van der Waals surface area contributed by atoms with Crippen molar-refractivity contribution in [1.29, 1.82) is 0 Å². The molecule has 0 radical (unpaired) electrons. The molecule has 0 amide bonds. The summed E-state index contributed by atoms with van der Waals surface area (Å²) in [5.41, 5.74) is 8.29. The van der Waals surface area contributed by atoms with Gasteiger partial charge in [-0.3, -0.25) is 4.90 Å². The molecule has 0 aliphatic carbocycles. The van der Waals surface area contributed by atoms with E-state index in [1.807, 2.05) is 0 Å². The summed E-state index contributed by atoms with van der Waals surface area (Å²) in [6.45, 7) is 6.48. The van der Waals surface area contributed by atoms with E-state index in [0.717, 1.165) is 32.6 Å². The molecule has 0 atom stereocenters. The van der Waals surface area contributed by atoms with E-state index in [1.165, 1.54) is 43.5 Å². The van der Waals surface area contributed by atoms with E-state index in [9.17, 15) is 0 Å². The summed E-state index contributed by atoms with van der Waals surface area (Å²) in [6, 6.07) is 9.05. The van der Waals surface area contributed by atoms with Crippen LogP contribution in [-0.2, 0) is 13.1 Å². The Labute approximate surface area is 117 Å². The number of benzene rings is 1. The quantitative estimate of drug-likeness (QED) is 0.704. The van der Waals surface area contributed by atoms with Gasteiger partial charge in [-0.25, -0.2) is 0 Å². The Hall–Kier alpha value is -0.900. The second-order valence-electron chi connectivity index (χ2n) is 5.47. The van der Waals surface area contributed by atoms with Gasteiger partial charge in [0.25, 0.3) is 0 Å². The molecule has 0 spiro atoms. The lowest BCUT2D eigenvalue weighted by Crippen LogP contribution is -2.18. The SMILES string of the molecule is NCCCCNCc1ccc(CN2CCCC2)cc1. The van der Waals surface area contributed by atoms with Gasteiger partial charge in [0.2, 0.25) is 0 Å². The Morgan fingerprint density at radius 3 is 2.37 bits per heavy atom. The number of unbranched alkanes of at least 4 members (excludes halogenated alkanes) is 1. The van der Waals surface area contributed by atoms with Crippen LogP contribution in [-0.4, -0.2) is 31.1 Å². The van der Waals surface area contributed by atoms with E-state index >= 15 is 0 Å². The number of nitrogens with one attached hydrogen (secondary N) is 1. The van der Waals surface area contributed by atoms with Crippen molar-refractivity contribution in [1.82, 2.24) is 10.2 Å². The third-order valence-corrected chi connectivity index (χ3v) is 3.76. The number of nitrogens with zero attached hydrogens (tertiary/aromatic N) is 1. The molecule has 3 heteroatoms. The highest BCUT2D eigenvalue weighted by Gasteiger charge is 2.11. The Morgan fingerprint density at radius 2 is 1.68 bits per heavy atom. The molecule has 106 valence electrons. The molecular weight excluding hydrogens is 234 g/mol. The number of hydrogen-bond donors (Lipinski definition) is 2. The van der Waals surface area contributed by atoms with E-state index in [-0.39, 0.29) is 0 Å². The number of nitrogens with two attached hydrogens (primary N) is 1. The summed E-state index contributed by atoms with van der Waals surface area (Å²) in [5, 5.41) is 3.46. The van der Waals surface area contributed by atoms with Gasteiger partial charge in [-0.2, -0.15) is 0 Å². The van der Waals surface area contributed by atoms with Crippen LogP contribution in [0.15, 0.2) is 24.3 Å². The molecule has 1 aliphatic rings. The number of likely N-dealkylation sites (tertiary alicyclic amines) is 1. The number of hydrogen-bond acceptors (Lipinski definition) is 3. The molecule has 2 rings (SSSR count). The smallest absolute Gasteiger partial charge is 0.0233 e. The van der Waals surface area contributed by atoms with Crippen LogP contribution in [0.2, 0.25) is 0 Å². The molecule has 0 aromatic heterocycles.